The highest BCUT2D eigenvalue weighted by molar-refractivity contribution is 9.10. The lowest BCUT2D eigenvalue weighted by Crippen LogP contribution is -2.29. The molecular weight excluding hydrogens is 410 g/mol. The van der Waals surface area contributed by atoms with E-state index in [4.69, 9.17) is 17.4 Å². The first-order valence-electron chi connectivity index (χ1n) is 5.85. The molecule has 2 aromatic rings. The maximum Gasteiger partial charge on any atom is 0.124 e. The third kappa shape index (κ3) is 4.02. The molecule has 0 heterocycles. The van der Waals surface area contributed by atoms with Crippen LogP contribution in [0.2, 0.25) is 5.02 Å². The predicted octanol–water partition coefficient (Wildman–Crippen LogP) is 4.75. The van der Waals surface area contributed by atoms with E-state index in [9.17, 15) is 4.39 Å². The van der Waals surface area contributed by atoms with Gasteiger partial charge in [-0.15, -0.1) is 0 Å². The Hall–Kier alpha value is -0.460. The third-order valence-corrected chi connectivity index (χ3v) is 4.34. The summed E-state index contributed by atoms with van der Waals surface area (Å²) >= 11 is 12.8. The van der Waals surface area contributed by atoms with Crippen molar-refractivity contribution in [2.45, 2.75) is 12.5 Å². The predicted molar refractivity (Wildman–Crippen MR) is 87.0 cm³/mol. The second-order valence-electron chi connectivity index (χ2n) is 4.36. The Kier molecular flexibility index (Phi) is 5.57. The average Bonchev–Trinajstić information content (AvgIpc) is 2.36. The van der Waals surface area contributed by atoms with E-state index in [2.05, 4.69) is 37.3 Å². The van der Waals surface area contributed by atoms with Gasteiger partial charge in [-0.1, -0.05) is 49.5 Å². The molecular formula is C14H12Br2ClFN2. The number of nitrogens with two attached hydrogens (primary N) is 1. The fourth-order valence-electron chi connectivity index (χ4n) is 1.96. The highest BCUT2D eigenvalue weighted by Crippen LogP contribution is 2.28. The van der Waals surface area contributed by atoms with Gasteiger partial charge < -0.3 is 0 Å². The van der Waals surface area contributed by atoms with Crippen molar-refractivity contribution in [3.05, 3.63) is 67.3 Å². The van der Waals surface area contributed by atoms with Gasteiger partial charge in [-0.3, -0.25) is 11.3 Å². The number of hydrogen-bond donors (Lipinski definition) is 2. The van der Waals surface area contributed by atoms with E-state index in [0.717, 1.165) is 20.1 Å². The van der Waals surface area contributed by atoms with Gasteiger partial charge in [-0.05, 0) is 47.9 Å². The smallest absolute Gasteiger partial charge is 0.124 e. The molecule has 2 nitrogen and oxygen atoms in total. The maximum atomic E-state index is 13.1. The normalized spacial score (nSPS) is 12.4. The fraction of sp³-hybridized carbons (Fsp3) is 0.143. The van der Waals surface area contributed by atoms with Crippen LogP contribution in [0.25, 0.3) is 0 Å². The molecule has 1 unspecified atom stereocenters. The summed E-state index contributed by atoms with van der Waals surface area (Å²) < 4.78 is 14.7. The van der Waals surface area contributed by atoms with Gasteiger partial charge in [0.25, 0.3) is 0 Å². The largest absolute Gasteiger partial charge is 0.271 e. The van der Waals surface area contributed by atoms with Gasteiger partial charge in [0.05, 0.1) is 6.04 Å². The molecule has 0 saturated carbocycles. The van der Waals surface area contributed by atoms with Crippen LogP contribution < -0.4 is 11.3 Å². The summed E-state index contributed by atoms with van der Waals surface area (Å²) in [7, 11) is 0. The number of hydrazine groups is 1. The van der Waals surface area contributed by atoms with Gasteiger partial charge in [-0.2, -0.15) is 0 Å². The van der Waals surface area contributed by atoms with Gasteiger partial charge >= 0.3 is 0 Å². The Morgan fingerprint density at radius 1 is 1.20 bits per heavy atom. The van der Waals surface area contributed by atoms with Crippen LogP contribution in [0.4, 0.5) is 4.39 Å². The Bertz CT molecular complexity index is 602. The monoisotopic (exact) mass is 420 g/mol. The van der Waals surface area contributed by atoms with Crippen LogP contribution in [0, 0.1) is 5.82 Å². The number of halogens is 4. The Morgan fingerprint density at radius 3 is 2.55 bits per heavy atom. The minimum Gasteiger partial charge on any atom is -0.271 e. The van der Waals surface area contributed by atoms with Crippen LogP contribution in [0.5, 0.6) is 0 Å². The second kappa shape index (κ2) is 7.00. The van der Waals surface area contributed by atoms with Gasteiger partial charge in [0, 0.05) is 14.0 Å². The Balaban J connectivity index is 2.28. The van der Waals surface area contributed by atoms with E-state index in [0.29, 0.717) is 11.4 Å². The molecule has 0 saturated heterocycles. The first kappa shape index (κ1) is 15.9. The molecule has 0 amide bonds. The van der Waals surface area contributed by atoms with Crippen molar-refractivity contribution in [2.75, 3.05) is 0 Å². The third-order valence-electron chi connectivity index (χ3n) is 2.93. The van der Waals surface area contributed by atoms with E-state index in [1.807, 2.05) is 18.2 Å². The lowest BCUT2D eigenvalue weighted by molar-refractivity contribution is 0.549. The molecule has 0 aliphatic heterocycles. The molecule has 2 aromatic carbocycles. The minimum absolute atomic E-state index is 0.119. The van der Waals surface area contributed by atoms with Crippen molar-refractivity contribution in [3.63, 3.8) is 0 Å². The SMILES string of the molecule is NNC(Cc1ccc(F)cc1Br)c1cc(Cl)cc(Br)c1. The zero-order chi connectivity index (χ0) is 14.7. The molecule has 0 aliphatic rings. The summed E-state index contributed by atoms with van der Waals surface area (Å²) in [4.78, 5) is 0. The van der Waals surface area contributed by atoms with Crippen molar-refractivity contribution >= 4 is 43.5 Å². The van der Waals surface area contributed by atoms with Crippen molar-refractivity contribution in [1.82, 2.24) is 5.43 Å². The highest BCUT2D eigenvalue weighted by atomic mass is 79.9. The van der Waals surface area contributed by atoms with Crippen molar-refractivity contribution < 1.29 is 4.39 Å². The van der Waals surface area contributed by atoms with Crippen LogP contribution in [-0.2, 0) is 6.42 Å². The van der Waals surface area contributed by atoms with Crippen LogP contribution in [0.3, 0.4) is 0 Å². The second-order valence-corrected chi connectivity index (χ2v) is 6.57. The lowest BCUT2D eigenvalue weighted by atomic mass is 9.99. The minimum atomic E-state index is -0.275. The molecule has 1 atom stereocenters. The van der Waals surface area contributed by atoms with Crippen molar-refractivity contribution in [2.24, 2.45) is 5.84 Å². The highest BCUT2D eigenvalue weighted by Gasteiger charge is 2.14. The summed E-state index contributed by atoms with van der Waals surface area (Å²) in [5, 5.41) is 0.632. The van der Waals surface area contributed by atoms with Gasteiger partial charge in [0.2, 0.25) is 0 Å². The van der Waals surface area contributed by atoms with Crippen molar-refractivity contribution in [3.8, 4) is 0 Å². The summed E-state index contributed by atoms with van der Waals surface area (Å²) in [6.45, 7) is 0. The van der Waals surface area contributed by atoms with Gasteiger partial charge in [0.1, 0.15) is 5.82 Å². The summed E-state index contributed by atoms with van der Waals surface area (Å²) in [6.07, 6.45) is 0.615. The first-order chi connectivity index (χ1) is 9.49. The summed E-state index contributed by atoms with van der Waals surface area (Å²) in [5.74, 6) is 5.36. The van der Waals surface area contributed by atoms with E-state index in [-0.39, 0.29) is 11.9 Å². The van der Waals surface area contributed by atoms with Crippen LogP contribution in [0.15, 0.2) is 45.3 Å². The fourth-order valence-corrected chi connectivity index (χ4v) is 3.36. The molecule has 0 spiro atoms. The van der Waals surface area contributed by atoms with E-state index in [1.165, 1.54) is 12.1 Å². The van der Waals surface area contributed by atoms with Gasteiger partial charge in [-0.25, -0.2) is 4.39 Å². The number of rotatable bonds is 4. The molecule has 0 bridgehead atoms. The molecule has 20 heavy (non-hydrogen) atoms. The molecule has 6 heteroatoms. The van der Waals surface area contributed by atoms with Crippen LogP contribution in [-0.4, -0.2) is 0 Å². The summed E-state index contributed by atoms with van der Waals surface area (Å²) in [6, 6.07) is 10.1. The molecule has 0 fully saturated rings. The lowest BCUT2D eigenvalue weighted by Gasteiger charge is -2.18. The quantitative estimate of drug-likeness (QED) is 0.551. The number of hydrogen-bond acceptors (Lipinski definition) is 2. The number of nitrogens with one attached hydrogen (secondary N) is 1. The van der Waals surface area contributed by atoms with E-state index in [1.54, 1.807) is 6.07 Å². The average molecular weight is 423 g/mol. The standard InChI is InChI=1S/C14H12Br2ClFN2/c15-10-3-9(4-11(17)6-10)14(20-19)5-8-1-2-12(18)7-13(8)16/h1-4,6-7,14,20H,5,19H2. The van der Waals surface area contributed by atoms with Crippen LogP contribution in [0.1, 0.15) is 17.2 Å². The first-order valence-corrected chi connectivity index (χ1v) is 7.82. The Morgan fingerprint density at radius 2 is 1.95 bits per heavy atom. The topological polar surface area (TPSA) is 38.0 Å². The maximum absolute atomic E-state index is 13.1. The van der Waals surface area contributed by atoms with Crippen molar-refractivity contribution in [1.29, 1.82) is 0 Å². The Labute approximate surface area is 138 Å². The molecule has 106 valence electrons. The molecule has 2 rings (SSSR count). The van der Waals surface area contributed by atoms with Gasteiger partial charge in [0.15, 0.2) is 0 Å². The zero-order valence-corrected chi connectivity index (χ0v) is 14.3. The molecule has 3 N–H and O–H groups in total. The summed E-state index contributed by atoms with van der Waals surface area (Å²) in [5.41, 5.74) is 4.69. The molecule has 0 radical (unpaired) electrons. The number of benzene rings is 2. The molecule has 0 aromatic heterocycles. The zero-order valence-electron chi connectivity index (χ0n) is 10.3. The van der Waals surface area contributed by atoms with E-state index < -0.39 is 0 Å². The van der Waals surface area contributed by atoms with E-state index >= 15 is 0 Å². The molecule has 0 aliphatic carbocycles. The van der Waals surface area contributed by atoms with Crippen LogP contribution >= 0.6 is 43.5 Å².